The molecule has 0 radical (unpaired) electrons. The number of halogens is 1. The molecule has 2 aromatic heterocycles. The van der Waals surface area contributed by atoms with Gasteiger partial charge < -0.3 is 16.0 Å². The van der Waals surface area contributed by atoms with Crippen LogP contribution in [0, 0.1) is 13.8 Å². The standard InChI is InChI=1S/C21H23ClN6O/c1-14-7-8-23-18(11-14)28-20-13-19(26-15(2)27-20)24-9-10-25-21(29)12-16-3-5-17(22)6-4-16/h3-8,11,13H,9-10,12H2,1-2H3,(H,25,29)(H2,23,24,26,27,28). The van der Waals surface area contributed by atoms with E-state index in [4.69, 9.17) is 11.6 Å². The summed E-state index contributed by atoms with van der Waals surface area (Å²) >= 11 is 5.86. The van der Waals surface area contributed by atoms with Gasteiger partial charge in [-0.25, -0.2) is 15.0 Å². The molecule has 0 aliphatic heterocycles. The van der Waals surface area contributed by atoms with Crippen molar-refractivity contribution in [3.8, 4) is 0 Å². The molecule has 29 heavy (non-hydrogen) atoms. The van der Waals surface area contributed by atoms with E-state index in [0.29, 0.717) is 42.0 Å². The second-order valence-electron chi connectivity index (χ2n) is 6.61. The van der Waals surface area contributed by atoms with Crippen LogP contribution in [0.4, 0.5) is 17.5 Å². The molecule has 2 heterocycles. The lowest BCUT2D eigenvalue weighted by molar-refractivity contribution is -0.120. The highest BCUT2D eigenvalue weighted by molar-refractivity contribution is 6.30. The van der Waals surface area contributed by atoms with Crippen molar-refractivity contribution < 1.29 is 4.79 Å². The van der Waals surface area contributed by atoms with Crippen LogP contribution < -0.4 is 16.0 Å². The second-order valence-corrected chi connectivity index (χ2v) is 7.05. The SMILES string of the molecule is Cc1ccnc(Nc2cc(NCCNC(=O)Cc3ccc(Cl)cc3)nc(C)n2)c1. The molecule has 0 aliphatic rings. The van der Waals surface area contributed by atoms with Crippen molar-refractivity contribution >= 4 is 35.0 Å². The molecule has 0 unspecified atom stereocenters. The van der Waals surface area contributed by atoms with Crippen molar-refractivity contribution in [3.63, 3.8) is 0 Å². The fraction of sp³-hybridized carbons (Fsp3) is 0.238. The van der Waals surface area contributed by atoms with Crippen LogP contribution in [0.1, 0.15) is 17.0 Å². The minimum atomic E-state index is -0.0409. The Morgan fingerprint density at radius 3 is 2.48 bits per heavy atom. The number of carbonyl (C=O) groups is 1. The van der Waals surface area contributed by atoms with Gasteiger partial charge in [0.2, 0.25) is 5.91 Å². The van der Waals surface area contributed by atoms with Crippen LogP contribution in [0.5, 0.6) is 0 Å². The average Bonchev–Trinajstić information content (AvgIpc) is 2.67. The molecule has 150 valence electrons. The third-order valence-electron chi connectivity index (χ3n) is 4.04. The molecule has 1 amide bonds. The zero-order valence-electron chi connectivity index (χ0n) is 16.4. The van der Waals surface area contributed by atoms with Crippen LogP contribution in [0.25, 0.3) is 0 Å². The van der Waals surface area contributed by atoms with Crippen molar-refractivity contribution in [2.75, 3.05) is 23.7 Å². The van der Waals surface area contributed by atoms with Gasteiger partial charge >= 0.3 is 0 Å². The van der Waals surface area contributed by atoms with Crippen LogP contribution in [0.3, 0.4) is 0 Å². The molecule has 8 heteroatoms. The smallest absolute Gasteiger partial charge is 0.224 e. The van der Waals surface area contributed by atoms with Crippen LogP contribution in [-0.2, 0) is 11.2 Å². The minimum absolute atomic E-state index is 0.0409. The number of hydrogen-bond acceptors (Lipinski definition) is 6. The number of aromatic nitrogens is 3. The normalized spacial score (nSPS) is 10.4. The Hall–Kier alpha value is -3.19. The van der Waals surface area contributed by atoms with E-state index in [1.807, 2.05) is 44.2 Å². The van der Waals surface area contributed by atoms with E-state index >= 15 is 0 Å². The highest BCUT2D eigenvalue weighted by Crippen LogP contribution is 2.16. The lowest BCUT2D eigenvalue weighted by Gasteiger charge is -2.11. The van der Waals surface area contributed by atoms with Crippen LogP contribution >= 0.6 is 11.6 Å². The first kappa shape index (κ1) is 20.5. The maximum absolute atomic E-state index is 12.0. The molecule has 0 saturated carbocycles. The summed E-state index contributed by atoms with van der Waals surface area (Å²) in [6.45, 7) is 4.86. The van der Waals surface area contributed by atoms with Gasteiger partial charge in [-0.1, -0.05) is 23.7 Å². The van der Waals surface area contributed by atoms with Gasteiger partial charge in [-0.2, -0.15) is 0 Å². The third kappa shape index (κ3) is 6.73. The third-order valence-corrected chi connectivity index (χ3v) is 4.29. The summed E-state index contributed by atoms with van der Waals surface area (Å²) in [6, 6.07) is 12.9. The van der Waals surface area contributed by atoms with E-state index < -0.39 is 0 Å². The van der Waals surface area contributed by atoms with Crippen molar-refractivity contribution in [3.05, 3.63) is 70.6 Å². The Kier molecular flexibility index (Phi) is 6.97. The summed E-state index contributed by atoms with van der Waals surface area (Å²) in [4.78, 5) is 25.1. The molecule has 0 fully saturated rings. The van der Waals surface area contributed by atoms with Gasteiger partial charge in [-0.3, -0.25) is 4.79 Å². The van der Waals surface area contributed by atoms with Crippen molar-refractivity contribution in [1.29, 1.82) is 0 Å². The first-order valence-electron chi connectivity index (χ1n) is 9.28. The number of hydrogen-bond donors (Lipinski definition) is 3. The van der Waals surface area contributed by atoms with E-state index in [0.717, 1.165) is 16.9 Å². The lowest BCUT2D eigenvalue weighted by atomic mass is 10.1. The fourth-order valence-electron chi connectivity index (χ4n) is 2.70. The van der Waals surface area contributed by atoms with E-state index in [-0.39, 0.29) is 5.91 Å². The molecule has 3 aromatic rings. The fourth-order valence-corrected chi connectivity index (χ4v) is 2.83. The largest absolute Gasteiger partial charge is 0.368 e. The summed E-state index contributed by atoms with van der Waals surface area (Å²) in [5.74, 6) is 2.66. The van der Waals surface area contributed by atoms with Gasteiger partial charge in [0.25, 0.3) is 0 Å². The predicted octanol–water partition coefficient (Wildman–Crippen LogP) is 3.66. The Morgan fingerprint density at radius 1 is 0.966 bits per heavy atom. The summed E-state index contributed by atoms with van der Waals surface area (Å²) in [7, 11) is 0. The van der Waals surface area contributed by atoms with Gasteiger partial charge in [-0.05, 0) is 49.2 Å². The highest BCUT2D eigenvalue weighted by atomic mass is 35.5. The van der Waals surface area contributed by atoms with E-state index in [2.05, 4.69) is 30.9 Å². The Bertz CT molecular complexity index is 977. The van der Waals surface area contributed by atoms with Crippen molar-refractivity contribution in [1.82, 2.24) is 20.3 Å². The summed E-state index contributed by atoms with van der Waals surface area (Å²) < 4.78 is 0. The monoisotopic (exact) mass is 410 g/mol. The van der Waals surface area contributed by atoms with E-state index in [9.17, 15) is 4.79 Å². The molecular weight excluding hydrogens is 388 g/mol. The number of pyridine rings is 1. The zero-order valence-corrected chi connectivity index (χ0v) is 17.1. The Labute approximate surface area is 175 Å². The molecule has 0 aliphatic carbocycles. The molecule has 0 atom stereocenters. The average molecular weight is 411 g/mol. The maximum Gasteiger partial charge on any atom is 0.224 e. The zero-order chi connectivity index (χ0) is 20.6. The van der Waals surface area contributed by atoms with Gasteiger partial charge in [-0.15, -0.1) is 0 Å². The second kappa shape index (κ2) is 9.84. The quantitative estimate of drug-likeness (QED) is 0.491. The van der Waals surface area contributed by atoms with E-state index in [1.165, 1.54) is 0 Å². The number of carbonyl (C=O) groups excluding carboxylic acids is 1. The number of aryl methyl sites for hydroxylation is 2. The van der Waals surface area contributed by atoms with E-state index in [1.54, 1.807) is 18.3 Å². The number of nitrogens with one attached hydrogen (secondary N) is 3. The molecule has 3 rings (SSSR count). The maximum atomic E-state index is 12.0. The molecule has 1 aromatic carbocycles. The number of rotatable bonds is 8. The molecule has 7 nitrogen and oxygen atoms in total. The Morgan fingerprint density at radius 2 is 1.72 bits per heavy atom. The van der Waals surface area contributed by atoms with Gasteiger partial charge in [0.15, 0.2) is 0 Å². The highest BCUT2D eigenvalue weighted by Gasteiger charge is 2.05. The first-order valence-corrected chi connectivity index (χ1v) is 9.66. The molecular formula is C21H23ClN6O. The number of benzene rings is 1. The minimum Gasteiger partial charge on any atom is -0.368 e. The van der Waals surface area contributed by atoms with Gasteiger partial charge in [0.05, 0.1) is 6.42 Å². The predicted molar refractivity (Wildman–Crippen MR) is 116 cm³/mol. The van der Waals surface area contributed by atoms with Crippen molar-refractivity contribution in [2.24, 2.45) is 0 Å². The van der Waals surface area contributed by atoms with Crippen molar-refractivity contribution in [2.45, 2.75) is 20.3 Å². The van der Waals surface area contributed by atoms with Gasteiger partial charge in [0, 0.05) is 30.4 Å². The summed E-state index contributed by atoms with van der Waals surface area (Å²) in [6.07, 6.45) is 2.07. The lowest BCUT2D eigenvalue weighted by Crippen LogP contribution is -2.30. The Balaban J connectivity index is 1.48. The summed E-state index contributed by atoms with van der Waals surface area (Å²) in [5, 5.41) is 9.94. The number of nitrogens with zero attached hydrogens (tertiary/aromatic N) is 3. The molecule has 0 spiro atoms. The molecule has 3 N–H and O–H groups in total. The summed E-state index contributed by atoms with van der Waals surface area (Å²) in [5.41, 5.74) is 2.03. The number of anilines is 3. The molecule has 0 bridgehead atoms. The first-order chi connectivity index (χ1) is 14.0. The topological polar surface area (TPSA) is 91.8 Å². The van der Waals surface area contributed by atoms with Crippen LogP contribution in [-0.4, -0.2) is 33.9 Å². The van der Waals surface area contributed by atoms with Crippen LogP contribution in [0.2, 0.25) is 5.02 Å². The molecule has 0 saturated heterocycles. The van der Waals surface area contributed by atoms with Crippen LogP contribution in [0.15, 0.2) is 48.7 Å². The number of amides is 1. The van der Waals surface area contributed by atoms with Gasteiger partial charge in [0.1, 0.15) is 23.3 Å².